The molecule has 1 N–H and O–H groups in total. The quantitative estimate of drug-likeness (QED) is 0.821. The first-order valence-corrected chi connectivity index (χ1v) is 6.90. The van der Waals surface area contributed by atoms with Crippen LogP contribution < -0.4 is 5.32 Å². The third kappa shape index (κ3) is 2.61. The molecule has 0 radical (unpaired) electrons. The zero-order chi connectivity index (χ0) is 10.7. The van der Waals surface area contributed by atoms with Crippen molar-refractivity contribution in [2.45, 2.75) is 38.6 Å². The van der Waals surface area contributed by atoms with Crippen molar-refractivity contribution in [1.29, 1.82) is 0 Å². The fraction of sp³-hybridized carbons (Fsp3) is 0.692. The van der Waals surface area contributed by atoms with Crippen LogP contribution in [0.15, 0.2) is 17.5 Å². The van der Waals surface area contributed by atoms with E-state index in [1.807, 2.05) is 11.3 Å². The molecule has 84 valence electrons. The molecule has 0 aromatic carbocycles. The Morgan fingerprint density at radius 3 is 2.93 bits per heavy atom. The highest BCUT2D eigenvalue weighted by molar-refractivity contribution is 7.10. The van der Waals surface area contributed by atoms with Crippen molar-refractivity contribution in [3.05, 3.63) is 22.4 Å². The van der Waals surface area contributed by atoms with Gasteiger partial charge >= 0.3 is 0 Å². The Morgan fingerprint density at radius 1 is 1.47 bits per heavy atom. The summed E-state index contributed by atoms with van der Waals surface area (Å²) >= 11 is 1.89. The van der Waals surface area contributed by atoms with Crippen molar-refractivity contribution in [2.75, 3.05) is 7.05 Å². The highest BCUT2D eigenvalue weighted by Gasteiger charge is 2.27. The van der Waals surface area contributed by atoms with Crippen molar-refractivity contribution in [3.63, 3.8) is 0 Å². The van der Waals surface area contributed by atoms with Gasteiger partial charge in [0.05, 0.1) is 0 Å². The van der Waals surface area contributed by atoms with Gasteiger partial charge in [0.2, 0.25) is 0 Å². The molecule has 3 unspecified atom stereocenters. The van der Waals surface area contributed by atoms with Crippen molar-refractivity contribution in [3.8, 4) is 0 Å². The Bertz CT molecular complexity index is 281. The molecule has 0 amide bonds. The molecule has 0 bridgehead atoms. The molecule has 0 saturated heterocycles. The first kappa shape index (κ1) is 11.2. The molecule has 1 aromatic rings. The molecule has 1 nitrogen and oxygen atoms in total. The van der Waals surface area contributed by atoms with Gasteiger partial charge in [-0.25, -0.2) is 0 Å². The number of nitrogens with one attached hydrogen (secondary N) is 1. The van der Waals surface area contributed by atoms with Gasteiger partial charge in [-0.15, -0.1) is 11.3 Å². The molecular formula is C13H21NS. The highest BCUT2D eigenvalue weighted by atomic mass is 32.1. The number of rotatable bonds is 3. The molecule has 1 fully saturated rings. The second-order valence-electron chi connectivity index (χ2n) is 4.81. The molecule has 0 spiro atoms. The van der Waals surface area contributed by atoms with Gasteiger partial charge in [0.15, 0.2) is 0 Å². The van der Waals surface area contributed by atoms with Crippen LogP contribution in [0, 0.1) is 11.8 Å². The summed E-state index contributed by atoms with van der Waals surface area (Å²) in [5, 5.41) is 5.69. The molecule has 1 aromatic heterocycles. The lowest BCUT2D eigenvalue weighted by Gasteiger charge is -2.32. The standard InChI is InChI=1S/C13H21NS/c1-10-5-3-6-11(9-10)13(14-2)12-7-4-8-15-12/h4,7-8,10-11,13-14H,3,5-6,9H2,1-2H3. The summed E-state index contributed by atoms with van der Waals surface area (Å²) in [4.78, 5) is 1.51. The van der Waals surface area contributed by atoms with Gasteiger partial charge in [-0.1, -0.05) is 25.8 Å². The van der Waals surface area contributed by atoms with E-state index in [0.717, 1.165) is 11.8 Å². The molecule has 2 heteroatoms. The van der Waals surface area contributed by atoms with Crippen LogP contribution >= 0.6 is 11.3 Å². The van der Waals surface area contributed by atoms with Crippen LogP contribution in [0.25, 0.3) is 0 Å². The van der Waals surface area contributed by atoms with Crippen LogP contribution in [0.5, 0.6) is 0 Å². The van der Waals surface area contributed by atoms with Gasteiger partial charge in [-0.3, -0.25) is 0 Å². The van der Waals surface area contributed by atoms with Crippen LogP contribution in [0.4, 0.5) is 0 Å². The Kier molecular flexibility index (Phi) is 3.81. The largest absolute Gasteiger partial charge is 0.312 e. The molecule has 15 heavy (non-hydrogen) atoms. The lowest BCUT2D eigenvalue weighted by Crippen LogP contribution is -2.28. The smallest absolute Gasteiger partial charge is 0.0441 e. The fourth-order valence-electron chi connectivity index (χ4n) is 2.86. The first-order valence-electron chi connectivity index (χ1n) is 6.02. The summed E-state index contributed by atoms with van der Waals surface area (Å²) in [7, 11) is 2.10. The van der Waals surface area contributed by atoms with E-state index in [-0.39, 0.29) is 0 Å². The average Bonchev–Trinajstić information content (AvgIpc) is 2.72. The second-order valence-corrected chi connectivity index (χ2v) is 5.79. The predicted octanol–water partition coefficient (Wildman–Crippen LogP) is 3.83. The van der Waals surface area contributed by atoms with Gasteiger partial charge in [-0.05, 0) is 43.2 Å². The van der Waals surface area contributed by atoms with E-state index >= 15 is 0 Å². The second kappa shape index (κ2) is 5.13. The highest BCUT2D eigenvalue weighted by Crippen LogP contribution is 2.38. The molecule has 3 atom stereocenters. The summed E-state index contributed by atoms with van der Waals surface area (Å²) < 4.78 is 0. The molecule has 1 aliphatic rings. The summed E-state index contributed by atoms with van der Waals surface area (Å²) in [6.07, 6.45) is 5.63. The SMILES string of the molecule is CNC(c1cccs1)C1CCCC(C)C1. The summed E-state index contributed by atoms with van der Waals surface area (Å²) in [5.74, 6) is 1.76. The lowest BCUT2D eigenvalue weighted by molar-refractivity contribution is 0.232. The maximum absolute atomic E-state index is 3.51. The van der Waals surface area contributed by atoms with E-state index in [1.165, 1.54) is 30.6 Å². The van der Waals surface area contributed by atoms with Gasteiger partial charge in [0.1, 0.15) is 0 Å². The first-order chi connectivity index (χ1) is 7.31. The van der Waals surface area contributed by atoms with Crippen LogP contribution in [0.1, 0.15) is 43.5 Å². The van der Waals surface area contributed by atoms with E-state index in [2.05, 4.69) is 36.8 Å². The van der Waals surface area contributed by atoms with E-state index < -0.39 is 0 Å². The maximum Gasteiger partial charge on any atom is 0.0441 e. The van der Waals surface area contributed by atoms with Gasteiger partial charge in [0.25, 0.3) is 0 Å². The van der Waals surface area contributed by atoms with Gasteiger partial charge in [-0.2, -0.15) is 0 Å². The van der Waals surface area contributed by atoms with E-state index in [0.29, 0.717) is 6.04 Å². The molecule has 2 rings (SSSR count). The topological polar surface area (TPSA) is 12.0 Å². The molecule has 0 aliphatic heterocycles. The minimum absolute atomic E-state index is 0.591. The molecular weight excluding hydrogens is 202 g/mol. The molecule has 1 heterocycles. The fourth-order valence-corrected chi connectivity index (χ4v) is 3.79. The minimum atomic E-state index is 0.591. The van der Waals surface area contributed by atoms with Crippen LogP contribution in [-0.2, 0) is 0 Å². The van der Waals surface area contributed by atoms with Crippen LogP contribution in [0.3, 0.4) is 0 Å². The summed E-state index contributed by atoms with van der Waals surface area (Å²) in [6, 6.07) is 5.02. The number of thiophene rings is 1. The third-order valence-corrected chi connectivity index (χ3v) is 4.56. The zero-order valence-corrected chi connectivity index (χ0v) is 10.5. The number of hydrogen-bond acceptors (Lipinski definition) is 2. The number of hydrogen-bond donors (Lipinski definition) is 1. The zero-order valence-electron chi connectivity index (χ0n) is 9.70. The van der Waals surface area contributed by atoms with E-state index in [1.54, 1.807) is 0 Å². The Morgan fingerprint density at radius 2 is 2.33 bits per heavy atom. The van der Waals surface area contributed by atoms with Gasteiger partial charge in [0, 0.05) is 10.9 Å². The van der Waals surface area contributed by atoms with Crippen molar-refractivity contribution < 1.29 is 0 Å². The monoisotopic (exact) mass is 223 g/mol. The molecule has 1 saturated carbocycles. The maximum atomic E-state index is 3.51. The predicted molar refractivity (Wildman–Crippen MR) is 67.2 cm³/mol. The Hall–Kier alpha value is -0.340. The normalized spacial score (nSPS) is 28.9. The summed E-state index contributed by atoms with van der Waals surface area (Å²) in [5.41, 5.74) is 0. The Balaban J connectivity index is 2.06. The minimum Gasteiger partial charge on any atom is -0.312 e. The average molecular weight is 223 g/mol. The molecule has 1 aliphatic carbocycles. The third-order valence-electron chi connectivity index (χ3n) is 3.61. The summed E-state index contributed by atoms with van der Waals surface area (Å²) in [6.45, 7) is 2.40. The van der Waals surface area contributed by atoms with Crippen LogP contribution in [0.2, 0.25) is 0 Å². The lowest BCUT2D eigenvalue weighted by atomic mass is 9.78. The van der Waals surface area contributed by atoms with Crippen molar-refractivity contribution in [1.82, 2.24) is 5.32 Å². The van der Waals surface area contributed by atoms with Crippen molar-refractivity contribution >= 4 is 11.3 Å². The Labute approximate surface area is 96.9 Å². The van der Waals surface area contributed by atoms with Crippen LogP contribution in [-0.4, -0.2) is 7.05 Å². The van der Waals surface area contributed by atoms with E-state index in [9.17, 15) is 0 Å². The van der Waals surface area contributed by atoms with E-state index in [4.69, 9.17) is 0 Å². The van der Waals surface area contributed by atoms with Crippen molar-refractivity contribution in [2.24, 2.45) is 11.8 Å². The van der Waals surface area contributed by atoms with Gasteiger partial charge < -0.3 is 5.32 Å².